The molecule has 4 nitrogen and oxygen atoms in total. The first-order valence-electron chi connectivity index (χ1n) is 5.38. The van der Waals surface area contributed by atoms with E-state index in [1.54, 1.807) is 0 Å². The molecule has 2 aromatic heterocycles. The molecule has 88 valence electrons. The normalized spacial score (nSPS) is 17.0. The van der Waals surface area contributed by atoms with Crippen molar-refractivity contribution < 1.29 is 14.3 Å². The fourth-order valence-electron chi connectivity index (χ4n) is 1.86. The van der Waals surface area contributed by atoms with Crippen molar-refractivity contribution in [3.8, 4) is 10.8 Å². The van der Waals surface area contributed by atoms with Crippen molar-refractivity contribution in [3.63, 3.8) is 0 Å². The van der Waals surface area contributed by atoms with Gasteiger partial charge in [-0.25, -0.2) is 4.98 Å². The number of nitrogens with zero attached hydrogens (tertiary/aromatic N) is 1. The average Bonchev–Trinajstić information content (AvgIpc) is 2.76. The summed E-state index contributed by atoms with van der Waals surface area (Å²) in [6.07, 6.45) is 1.37. The second kappa shape index (κ2) is 3.43. The van der Waals surface area contributed by atoms with E-state index in [1.165, 1.54) is 11.3 Å². The van der Waals surface area contributed by atoms with Gasteiger partial charge in [-0.1, -0.05) is 0 Å². The van der Waals surface area contributed by atoms with Crippen LogP contribution < -0.4 is 0 Å². The molecule has 1 fully saturated rings. The van der Waals surface area contributed by atoms with Crippen LogP contribution in [0.5, 0.6) is 0 Å². The molecule has 2 aromatic rings. The van der Waals surface area contributed by atoms with Crippen molar-refractivity contribution in [2.45, 2.75) is 25.2 Å². The third-order valence-electron chi connectivity index (χ3n) is 3.11. The quantitative estimate of drug-likeness (QED) is 0.908. The highest BCUT2D eigenvalue weighted by molar-refractivity contribution is 7.13. The van der Waals surface area contributed by atoms with Gasteiger partial charge >= 0.3 is 5.97 Å². The van der Waals surface area contributed by atoms with Crippen molar-refractivity contribution >= 4 is 17.3 Å². The third-order valence-corrected chi connectivity index (χ3v) is 3.96. The SMILES string of the molecule is Cc1ccc(-c2nc(C3(C(=O)O)CC3)cs2)o1. The molecule has 2 heterocycles. The molecule has 0 aromatic carbocycles. The monoisotopic (exact) mass is 249 g/mol. The van der Waals surface area contributed by atoms with Crippen LogP contribution in [-0.2, 0) is 10.2 Å². The van der Waals surface area contributed by atoms with Gasteiger partial charge in [0.2, 0.25) is 0 Å². The lowest BCUT2D eigenvalue weighted by molar-refractivity contribution is -0.140. The van der Waals surface area contributed by atoms with Crippen molar-refractivity contribution in [2.24, 2.45) is 0 Å². The predicted octanol–water partition coefficient (Wildman–Crippen LogP) is 2.83. The van der Waals surface area contributed by atoms with Gasteiger partial charge in [0.05, 0.1) is 5.69 Å². The summed E-state index contributed by atoms with van der Waals surface area (Å²) in [5.41, 5.74) is -0.0600. The van der Waals surface area contributed by atoms with E-state index in [0.717, 1.165) is 10.8 Å². The number of carboxylic acid groups (broad SMARTS) is 1. The van der Waals surface area contributed by atoms with E-state index >= 15 is 0 Å². The Morgan fingerprint density at radius 1 is 1.53 bits per heavy atom. The van der Waals surface area contributed by atoms with Crippen molar-refractivity contribution in [1.82, 2.24) is 4.98 Å². The molecule has 0 spiro atoms. The first-order chi connectivity index (χ1) is 8.12. The molecule has 0 saturated heterocycles. The van der Waals surface area contributed by atoms with Crippen LogP contribution in [0, 0.1) is 6.92 Å². The van der Waals surface area contributed by atoms with Crippen LogP contribution in [0.1, 0.15) is 24.3 Å². The highest BCUT2D eigenvalue weighted by atomic mass is 32.1. The molecule has 0 radical (unpaired) electrons. The van der Waals surface area contributed by atoms with E-state index < -0.39 is 11.4 Å². The molecule has 0 atom stereocenters. The zero-order valence-corrected chi connectivity index (χ0v) is 10.1. The van der Waals surface area contributed by atoms with Crippen LogP contribution in [0.25, 0.3) is 10.8 Å². The van der Waals surface area contributed by atoms with E-state index in [2.05, 4.69) is 4.98 Å². The van der Waals surface area contributed by atoms with Gasteiger partial charge in [0, 0.05) is 5.38 Å². The minimum atomic E-state index is -0.773. The minimum absolute atomic E-state index is 0.666. The van der Waals surface area contributed by atoms with Gasteiger partial charge in [-0.15, -0.1) is 11.3 Å². The number of thiazole rings is 1. The number of aliphatic carboxylic acids is 1. The molecular formula is C12H11NO3S. The zero-order valence-electron chi connectivity index (χ0n) is 9.27. The number of rotatable bonds is 3. The fourth-order valence-corrected chi connectivity index (χ4v) is 2.74. The summed E-state index contributed by atoms with van der Waals surface area (Å²) in [6, 6.07) is 3.73. The summed E-state index contributed by atoms with van der Waals surface area (Å²) >= 11 is 1.43. The van der Waals surface area contributed by atoms with Gasteiger partial charge in [0.15, 0.2) is 10.8 Å². The number of carbonyl (C=O) groups is 1. The molecule has 0 aliphatic heterocycles. The molecule has 1 aliphatic carbocycles. The first kappa shape index (κ1) is 10.5. The van der Waals surface area contributed by atoms with E-state index in [9.17, 15) is 9.90 Å². The maximum absolute atomic E-state index is 11.2. The van der Waals surface area contributed by atoms with E-state index in [-0.39, 0.29) is 0 Å². The van der Waals surface area contributed by atoms with Gasteiger partial charge in [0.1, 0.15) is 11.2 Å². The Morgan fingerprint density at radius 3 is 2.82 bits per heavy atom. The largest absolute Gasteiger partial charge is 0.481 e. The van der Waals surface area contributed by atoms with Crippen LogP contribution in [0.2, 0.25) is 0 Å². The summed E-state index contributed by atoms with van der Waals surface area (Å²) in [7, 11) is 0. The van der Waals surface area contributed by atoms with E-state index in [4.69, 9.17) is 4.42 Å². The van der Waals surface area contributed by atoms with Crippen molar-refractivity contribution in [1.29, 1.82) is 0 Å². The van der Waals surface area contributed by atoms with Crippen LogP contribution in [0.15, 0.2) is 21.9 Å². The standard InChI is InChI=1S/C12H11NO3S/c1-7-2-3-8(16-7)10-13-9(6-17-10)12(4-5-12)11(14)15/h2-3,6H,4-5H2,1H3,(H,14,15). The molecule has 0 amide bonds. The molecule has 0 bridgehead atoms. The molecular weight excluding hydrogens is 238 g/mol. The maximum atomic E-state index is 11.2. The first-order valence-corrected chi connectivity index (χ1v) is 6.26. The lowest BCUT2D eigenvalue weighted by Crippen LogP contribution is -2.19. The van der Waals surface area contributed by atoms with Gasteiger partial charge in [-0.2, -0.15) is 0 Å². The van der Waals surface area contributed by atoms with Crippen molar-refractivity contribution in [2.75, 3.05) is 0 Å². The Bertz CT molecular complexity index is 580. The van der Waals surface area contributed by atoms with Gasteiger partial charge < -0.3 is 9.52 Å². The maximum Gasteiger partial charge on any atom is 0.315 e. The van der Waals surface area contributed by atoms with Crippen LogP contribution in [0.3, 0.4) is 0 Å². The number of hydrogen-bond acceptors (Lipinski definition) is 4. The van der Waals surface area contributed by atoms with Gasteiger partial charge in [-0.05, 0) is 31.9 Å². The molecule has 1 N–H and O–H groups in total. The second-order valence-corrected chi connectivity index (χ2v) is 5.19. The molecule has 1 aliphatic rings. The number of aryl methyl sites for hydroxylation is 1. The average molecular weight is 249 g/mol. The Labute approximate surface area is 102 Å². The van der Waals surface area contributed by atoms with E-state index in [0.29, 0.717) is 24.3 Å². The number of carboxylic acids is 1. The Kier molecular flexibility index (Phi) is 2.13. The number of aromatic nitrogens is 1. The molecule has 0 unspecified atom stereocenters. The van der Waals surface area contributed by atoms with Crippen LogP contribution in [0.4, 0.5) is 0 Å². The van der Waals surface area contributed by atoms with Crippen LogP contribution >= 0.6 is 11.3 Å². The smallest absolute Gasteiger partial charge is 0.315 e. The lowest BCUT2D eigenvalue weighted by atomic mass is 10.1. The Balaban J connectivity index is 1.96. The third kappa shape index (κ3) is 1.58. The zero-order chi connectivity index (χ0) is 12.0. The van der Waals surface area contributed by atoms with Gasteiger partial charge in [0.25, 0.3) is 0 Å². The predicted molar refractivity (Wildman–Crippen MR) is 63.1 cm³/mol. The highest BCUT2D eigenvalue weighted by Crippen LogP contribution is 2.49. The lowest BCUT2D eigenvalue weighted by Gasteiger charge is -2.04. The van der Waals surface area contributed by atoms with E-state index in [1.807, 2.05) is 24.4 Å². The highest BCUT2D eigenvalue weighted by Gasteiger charge is 2.53. The molecule has 17 heavy (non-hydrogen) atoms. The van der Waals surface area contributed by atoms with Gasteiger partial charge in [-0.3, -0.25) is 4.79 Å². The summed E-state index contributed by atoms with van der Waals surface area (Å²) in [5, 5.41) is 11.8. The topological polar surface area (TPSA) is 63.3 Å². The summed E-state index contributed by atoms with van der Waals surface area (Å²) in [5.74, 6) is 0.765. The molecule has 5 heteroatoms. The number of hydrogen-bond donors (Lipinski definition) is 1. The second-order valence-electron chi connectivity index (χ2n) is 4.34. The Morgan fingerprint density at radius 2 is 2.29 bits per heavy atom. The van der Waals surface area contributed by atoms with Crippen molar-refractivity contribution in [3.05, 3.63) is 29.0 Å². The summed E-state index contributed by atoms with van der Waals surface area (Å²) in [6.45, 7) is 1.87. The summed E-state index contributed by atoms with van der Waals surface area (Å²) < 4.78 is 5.48. The number of furan rings is 1. The fraction of sp³-hybridized carbons (Fsp3) is 0.333. The molecule has 3 rings (SSSR count). The summed E-state index contributed by atoms with van der Waals surface area (Å²) in [4.78, 5) is 15.6. The van der Waals surface area contributed by atoms with Crippen LogP contribution in [-0.4, -0.2) is 16.1 Å². The Hall–Kier alpha value is -1.62. The minimum Gasteiger partial charge on any atom is -0.481 e. The molecule has 1 saturated carbocycles.